The van der Waals surface area contributed by atoms with E-state index < -0.39 is 24.1 Å². The van der Waals surface area contributed by atoms with Crippen LogP contribution in [0.1, 0.15) is 35.7 Å². The minimum Gasteiger partial charge on any atom is -0.497 e. The second-order valence-electron chi connectivity index (χ2n) is 8.26. The minimum atomic E-state index is -4.44. The molecule has 7 heteroatoms. The molecule has 0 aliphatic heterocycles. The van der Waals surface area contributed by atoms with Crippen molar-refractivity contribution in [3.05, 3.63) is 64.8 Å². The Bertz CT molecular complexity index is 1110. The fourth-order valence-corrected chi connectivity index (χ4v) is 4.04. The highest BCUT2D eigenvalue weighted by Crippen LogP contribution is 2.41. The molecule has 1 heterocycles. The molecule has 4 nitrogen and oxygen atoms in total. The van der Waals surface area contributed by atoms with Crippen LogP contribution in [-0.2, 0) is 11.8 Å². The van der Waals surface area contributed by atoms with E-state index in [4.69, 9.17) is 10.00 Å². The maximum atomic E-state index is 14.0. The number of nitriles is 1. The van der Waals surface area contributed by atoms with Crippen LogP contribution >= 0.6 is 0 Å². The van der Waals surface area contributed by atoms with Gasteiger partial charge in [0.1, 0.15) is 5.75 Å². The molecule has 0 saturated carbocycles. The lowest BCUT2D eigenvalue weighted by molar-refractivity contribution is -0.180. The first kappa shape index (κ1) is 22.7. The first-order valence-corrected chi connectivity index (χ1v) is 9.94. The van der Waals surface area contributed by atoms with E-state index in [1.54, 1.807) is 49.4 Å². The van der Waals surface area contributed by atoms with E-state index in [9.17, 15) is 18.3 Å². The number of fused-ring (bicyclic) bond motifs is 1. The van der Waals surface area contributed by atoms with Gasteiger partial charge in [-0.15, -0.1) is 0 Å². The number of aliphatic hydroxyl groups is 1. The number of aromatic nitrogens is 1. The molecule has 31 heavy (non-hydrogen) atoms. The van der Waals surface area contributed by atoms with Crippen molar-refractivity contribution in [2.75, 3.05) is 13.7 Å². The summed E-state index contributed by atoms with van der Waals surface area (Å²) >= 11 is 0. The number of methoxy groups -OCH3 is 1. The van der Waals surface area contributed by atoms with Crippen molar-refractivity contribution in [1.82, 2.24) is 4.98 Å². The van der Waals surface area contributed by atoms with Crippen LogP contribution in [0.3, 0.4) is 0 Å². The predicted molar refractivity (Wildman–Crippen MR) is 113 cm³/mol. The molecule has 2 unspecified atom stereocenters. The van der Waals surface area contributed by atoms with Crippen LogP contribution in [0, 0.1) is 24.2 Å². The predicted octanol–water partition coefficient (Wildman–Crippen LogP) is 5.42. The smallest absolute Gasteiger partial charge is 0.392 e. The summed E-state index contributed by atoms with van der Waals surface area (Å²) < 4.78 is 47.3. The van der Waals surface area contributed by atoms with Crippen LogP contribution in [0.2, 0.25) is 0 Å². The molecular formula is C24H25F3N2O2. The van der Waals surface area contributed by atoms with Crippen LogP contribution in [-0.4, -0.2) is 30.0 Å². The number of benzene rings is 2. The summed E-state index contributed by atoms with van der Waals surface area (Å²) in [5.41, 5.74) is 1.87. The third-order valence-corrected chi connectivity index (χ3v) is 5.87. The van der Waals surface area contributed by atoms with Gasteiger partial charge in [-0.1, -0.05) is 19.1 Å². The molecule has 0 aliphatic rings. The van der Waals surface area contributed by atoms with E-state index in [2.05, 4.69) is 11.1 Å². The number of nitrogens with zero attached hydrogens (tertiary/aromatic N) is 1. The number of aliphatic hydroxyl groups excluding tert-OH is 1. The molecule has 2 N–H and O–H groups in total. The van der Waals surface area contributed by atoms with Gasteiger partial charge in [0.2, 0.25) is 0 Å². The van der Waals surface area contributed by atoms with E-state index in [0.29, 0.717) is 28.1 Å². The molecule has 0 fully saturated rings. The summed E-state index contributed by atoms with van der Waals surface area (Å²) in [4.78, 5) is 3.04. The van der Waals surface area contributed by atoms with Gasteiger partial charge in [-0.2, -0.15) is 18.4 Å². The molecule has 3 aromatic rings. The molecule has 2 atom stereocenters. The van der Waals surface area contributed by atoms with E-state index in [-0.39, 0.29) is 12.8 Å². The van der Waals surface area contributed by atoms with Gasteiger partial charge in [-0.25, -0.2) is 0 Å². The monoisotopic (exact) mass is 430 g/mol. The number of ether oxygens (including phenoxy) is 1. The molecule has 3 rings (SSSR count). The molecule has 0 aliphatic carbocycles. The van der Waals surface area contributed by atoms with Crippen molar-refractivity contribution < 1.29 is 23.0 Å². The fourth-order valence-electron chi connectivity index (χ4n) is 4.04. The quantitative estimate of drug-likeness (QED) is 0.526. The maximum Gasteiger partial charge on any atom is 0.392 e. The van der Waals surface area contributed by atoms with Gasteiger partial charge in [0.25, 0.3) is 0 Å². The number of aryl methyl sites for hydroxylation is 1. The van der Waals surface area contributed by atoms with Crippen molar-refractivity contribution in [2.24, 2.45) is 5.92 Å². The second-order valence-corrected chi connectivity index (χ2v) is 8.26. The molecule has 2 aromatic carbocycles. The van der Waals surface area contributed by atoms with Gasteiger partial charge >= 0.3 is 6.18 Å². The Hall–Kier alpha value is -2.98. The number of halogens is 3. The third-order valence-electron chi connectivity index (χ3n) is 5.87. The van der Waals surface area contributed by atoms with Gasteiger partial charge in [0.15, 0.2) is 0 Å². The van der Waals surface area contributed by atoms with Crippen LogP contribution in [0.15, 0.2) is 42.5 Å². The highest BCUT2D eigenvalue weighted by atomic mass is 19.4. The summed E-state index contributed by atoms with van der Waals surface area (Å²) in [5, 5.41) is 20.0. The van der Waals surface area contributed by atoms with E-state index in [1.807, 2.05) is 6.92 Å². The average molecular weight is 430 g/mol. The molecule has 0 bridgehead atoms. The van der Waals surface area contributed by atoms with Crippen molar-refractivity contribution in [3.63, 3.8) is 0 Å². The number of nitrogens with one attached hydrogen (secondary N) is 1. The Kier molecular flexibility index (Phi) is 6.33. The van der Waals surface area contributed by atoms with Gasteiger partial charge in [-0.05, 0) is 61.2 Å². The van der Waals surface area contributed by atoms with Gasteiger partial charge in [-0.3, -0.25) is 0 Å². The minimum absolute atomic E-state index is 0.251. The van der Waals surface area contributed by atoms with Crippen LogP contribution in [0.4, 0.5) is 13.2 Å². The molecule has 0 amide bonds. The molecule has 0 radical (unpaired) electrons. The lowest BCUT2D eigenvalue weighted by atomic mass is 9.74. The van der Waals surface area contributed by atoms with Crippen molar-refractivity contribution in [3.8, 4) is 11.8 Å². The summed E-state index contributed by atoms with van der Waals surface area (Å²) in [6.45, 7) is 3.03. The average Bonchev–Trinajstić information content (AvgIpc) is 3.15. The number of alkyl halides is 3. The number of rotatable bonds is 7. The summed E-state index contributed by atoms with van der Waals surface area (Å²) in [7, 11) is 1.49. The molecular weight excluding hydrogens is 405 g/mol. The van der Waals surface area contributed by atoms with E-state index in [0.717, 1.165) is 10.9 Å². The van der Waals surface area contributed by atoms with Gasteiger partial charge < -0.3 is 14.8 Å². The number of aromatic amines is 1. The van der Waals surface area contributed by atoms with Crippen molar-refractivity contribution in [2.45, 2.75) is 38.3 Å². The van der Waals surface area contributed by atoms with E-state index >= 15 is 0 Å². The number of hydrogen-bond acceptors (Lipinski definition) is 3. The molecule has 0 saturated heterocycles. The molecule has 164 valence electrons. The summed E-state index contributed by atoms with van der Waals surface area (Å²) in [6.07, 6.45) is -4.98. The SMILES string of the molecule is COc1cccc(C(C)(CO)CC(Cc2cc3c(C)cc(C#N)cc3[nH]2)C(F)(F)F)c1. The normalized spacial score (nSPS) is 14.8. The van der Waals surface area contributed by atoms with Crippen LogP contribution in [0.25, 0.3) is 10.9 Å². The van der Waals surface area contributed by atoms with Gasteiger partial charge in [0, 0.05) is 22.0 Å². The Morgan fingerprint density at radius 1 is 1.19 bits per heavy atom. The third kappa shape index (κ3) is 4.86. The van der Waals surface area contributed by atoms with Crippen molar-refractivity contribution in [1.29, 1.82) is 5.26 Å². The van der Waals surface area contributed by atoms with Crippen LogP contribution in [0.5, 0.6) is 5.75 Å². The largest absolute Gasteiger partial charge is 0.497 e. The Labute approximate surface area is 179 Å². The highest BCUT2D eigenvalue weighted by molar-refractivity contribution is 5.85. The molecule has 0 spiro atoms. The number of H-pyrrole nitrogens is 1. The zero-order valence-electron chi connectivity index (χ0n) is 17.7. The zero-order valence-corrected chi connectivity index (χ0v) is 17.7. The Morgan fingerprint density at radius 2 is 1.94 bits per heavy atom. The highest BCUT2D eigenvalue weighted by Gasteiger charge is 2.44. The summed E-state index contributed by atoms with van der Waals surface area (Å²) in [5.74, 6) is -1.14. The van der Waals surface area contributed by atoms with E-state index in [1.165, 1.54) is 7.11 Å². The topological polar surface area (TPSA) is 69.0 Å². The summed E-state index contributed by atoms with van der Waals surface area (Å²) in [6, 6.07) is 13.9. The fraction of sp³-hybridized carbons (Fsp3) is 0.375. The first-order valence-electron chi connectivity index (χ1n) is 9.94. The van der Waals surface area contributed by atoms with Crippen molar-refractivity contribution >= 4 is 10.9 Å². The zero-order chi connectivity index (χ0) is 22.8. The van der Waals surface area contributed by atoms with Gasteiger partial charge in [0.05, 0.1) is 31.3 Å². The standard InChI is InChI=1S/C24H25F3N2O2/c1-15-7-16(13-28)8-22-21(15)11-19(29-22)9-18(24(25,26)27)12-23(2,14-30)17-5-4-6-20(10-17)31-3/h4-8,10-11,18,29-30H,9,12,14H2,1-3H3. The number of hydrogen-bond donors (Lipinski definition) is 2. The lowest BCUT2D eigenvalue weighted by Crippen LogP contribution is -2.36. The Balaban J connectivity index is 1.94. The first-order chi connectivity index (χ1) is 14.6. The van der Waals surface area contributed by atoms with Crippen LogP contribution < -0.4 is 4.74 Å². The Morgan fingerprint density at radius 3 is 2.55 bits per heavy atom. The lowest BCUT2D eigenvalue weighted by Gasteiger charge is -2.33. The second kappa shape index (κ2) is 8.64. The maximum absolute atomic E-state index is 14.0. The molecule has 1 aromatic heterocycles.